The lowest BCUT2D eigenvalue weighted by molar-refractivity contribution is -0.121. The summed E-state index contributed by atoms with van der Waals surface area (Å²) in [6, 6.07) is -1.17. The Bertz CT molecular complexity index is 484. The van der Waals surface area contributed by atoms with Crippen LogP contribution in [0, 0.1) is 12.3 Å². The first kappa shape index (κ1) is 17.2. The van der Waals surface area contributed by atoms with E-state index in [2.05, 4.69) is 11.2 Å². The van der Waals surface area contributed by atoms with Gasteiger partial charge in [-0.05, 0) is 20.8 Å². The van der Waals surface area contributed by atoms with E-state index < -0.39 is 33.7 Å². The third kappa shape index (κ3) is 8.90. The summed E-state index contributed by atoms with van der Waals surface area (Å²) in [5.41, 5.74) is -0.738. The fraction of sp³-hybridized carbons (Fsp3) is 0.636. The van der Waals surface area contributed by atoms with Crippen LogP contribution >= 0.6 is 0 Å². The normalized spacial score (nSPS) is 13.0. The van der Waals surface area contributed by atoms with E-state index in [4.69, 9.17) is 11.2 Å². The van der Waals surface area contributed by atoms with Crippen LogP contribution in [0.3, 0.4) is 0 Å². The summed E-state index contributed by atoms with van der Waals surface area (Å²) in [5.74, 6) is 1.27. The van der Waals surface area contributed by atoms with Crippen molar-refractivity contribution >= 4 is 22.0 Å². The van der Waals surface area contributed by atoms with Gasteiger partial charge < -0.3 is 10.1 Å². The molecule has 0 heterocycles. The van der Waals surface area contributed by atoms with Crippen LogP contribution in [-0.4, -0.2) is 38.3 Å². The van der Waals surface area contributed by atoms with Crippen molar-refractivity contribution in [2.75, 3.05) is 6.26 Å². The van der Waals surface area contributed by atoms with Gasteiger partial charge in [0.05, 0.1) is 6.26 Å². The molecule has 0 aliphatic carbocycles. The van der Waals surface area contributed by atoms with E-state index in [0.717, 1.165) is 6.26 Å². The van der Waals surface area contributed by atoms with Gasteiger partial charge in [-0.25, -0.2) is 13.2 Å². The Hall–Kier alpha value is -1.75. The number of amides is 2. The molecule has 2 N–H and O–H groups in total. The molecule has 7 nitrogen and oxygen atoms in total. The molecule has 0 aromatic carbocycles. The fourth-order valence-electron chi connectivity index (χ4n) is 1.03. The Morgan fingerprint density at radius 3 is 2.26 bits per heavy atom. The maximum Gasteiger partial charge on any atom is 0.408 e. The predicted octanol–water partition coefficient (Wildman–Crippen LogP) is -0.0212. The Balaban J connectivity index is 4.72. The molecule has 0 radical (unpaired) electrons. The minimum absolute atomic E-state index is 0.152. The average Bonchev–Trinajstić information content (AvgIpc) is 2.10. The maximum atomic E-state index is 11.6. The van der Waals surface area contributed by atoms with Gasteiger partial charge in [0.15, 0.2) is 0 Å². The lowest BCUT2D eigenvalue weighted by Gasteiger charge is -2.22. The van der Waals surface area contributed by atoms with E-state index in [9.17, 15) is 18.0 Å². The molecular formula is C11H18N2O5S. The highest BCUT2D eigenvalue weighted by Crippen LogP contribution is 2.07. The zero-order valence-electron chi connectivity index (χ0n) is 11.3. The lowest BCUT2D eigenvalue weighted by atomic mass is 10.2. The van der Waals surface area contributed by atoms with Crippen LogP contribution < -0.4 is 10.0 Å². The molecule has 0 aromatic heterocycles. The Labute approximate surface area is 113 Å². The van der Waals surface area contributed by atoms with Gasteiger partial charge in [0.25, 0.3) is 5.91 Å². The summed E-state index contributed by atoms with van der Waals surface area (Å²) in [6.45, 7) is 4.96. The van der Waals surface area contributed by atoms with Crippen LogP contribution in [0.15, 0.2) is 0 Å². The molecule has 0 saturated heterocycles. The molecule has 0 saturated carbocycles. The SMILES string of the molecule is C#CCC(NC(=O)OC(C)(C)C)C(=O)NS(C)(=O)=O. The Kier molecular flexibility index (Phi) is 5.83. The minimum atomic E-state index is -3.72. The lowest BCUT2D eigenvalue weighted by Crippen LogP contribution is -2.49. The van der Waals surface area contributed by atoms with E-state index in [-0.39, 0.29) is 6.42 Å². The van der Waals surface area contributed by atoms with Crippen molar-refractivity contribution < 1.29 is 22.7 Å². The average molecular weight is 290 g/mol. The predicted molar refractivity (Wildman–Crippen MR) is 69.6 cm³/mol. The maximum absolute atomic E-state index is 11.6. The van der Waals surface area contributed by atoms with Gasteiger partial charge >= 0.3 is 6.09 Å². The number of sulfonamides is 1. The van der Waals surface area contributed by atoms with Crippen molar-refractivity contribution in [3.8, 4) is 12.3 Å². The largest absolute Gasteiger partial charge is 0.444 e. The first-order chi connectivity index (χ1) is 8.44. The zero-order chi connectivity index (χ0) is 15.3. The van der Waals surface area contributed by atoms with Crippen LogP contribution in [0.2, 0.25) is 0 Å². The number of alkyl carbamates (subject to hydrolysis) is 1. The van der Waals surface area contributed by atoms with Crippen molar-refractivity contribution in [3.63, 3.8) is 0 Å². The summed E-state index contributed by atoms with van der Waals surface area (Å²) in [5, 5.41) is 2.22. The monoisotopic (exact) mass is 290 g/mol. The van der Waals surface area contributed by atoms with E-state index in [1.165, 1.54) is 0 Å². The number of hydrogen-bond acceptors (Lipinski definition) is 5. The van der Waals surface area contributed by atoms with Gasteiger partial charge in [0, 0.05) is 6.42 Å². The summed E-state index contributed by atoms with van der Waals surface area (Å²) >= 11 is 0. The molecular weight excluding hydrogens is 272 g/mol. The van der Waals surface area contributed by atoms with Crippen LogP contribution in [0.5, 0.6) is 0 Å². The number of carbonyl (C=O) groups excluding carboxylic acids is 2. The van der Waals surface area contributed by atoms with Crippen molar-refractivity contribution in [1.29, 1.82) is 0 Å². The first-order valence-corrected chi connectivity index (χ1v) is 7.28. The quantitative estimate of drug-likeness (QED) is 0.708. The third-order valence-electron chi connectivity index (χ3n) is 1.62. The highest BCUT2D eigenvalue weighted by Gasteiger charge is 2.25. The second-order valence-electron chi connectivity index (χ2n) is 4.85. The molecule has 0 rings (SSSR count). The zero-order valence-corrected chi connectivity index (χ0v) is 12.1. The molecule has 1 atom stereocenters. The molecule has 108 valence electrons. The molecule has 0 aliphatic rings. The second-order valence-corrected chi connectivity index (χ2v) is 6.59. The van der Waals surface area contributed by atoms with Gasteiger partial charge in [0.2, 0.25) is 10.0 Å². The van der Waals surface area contributed by atoms with Crippen LogP contribution in [0.25, 0.3) is 0 Å². The summed E-state index contributed by atoms with van der Waals surface area (Å²) in [6.07, 6.45) is 4.88. The minimum Gasteiger partial charge on any atom is -0.444 e. The summed E-state index contributed by atoms with van der Waals surface area (Å²) < 4.78 is 28.6. The van der Waals surface area contributed by atoms with E-state index in [1.807, 2.05) is 0 Å². The third-order valence-corrected chi connectivity index (χ3v) is 2.19. The number of terminal acetylenes is 1. The Morgan fingerprint density at radius 2 is 1.89 bits per heavy atom. The molecule has 1 unspecified atom stereocenters. The van der Waals surface area contributed by atoms with Crippen molar-refractivity contribution in [1.82, 2.24) is 10.0 Å². The highest BCUT2D eigenvalue weighted by molar-refractivity contribution is 7.89. The highest BCUT2D eigenvalue weighted by atomic mass is 32.2. The summed E-state index contributed by atoms with van der Waals surface area (Å²) in [7, 11) is -3.72. The van der Waals surface area contributed by atoms with Crippen molar-refractivity contribution in [3.05, 3.63) is 0 Å². The van der Waals surface area contributed by atoms with Gasteiger partial charge in [0.1, 0.15) is 11.6 Å². The molecule has 19 heavy (non-hydrogen) atoms. The van der Waals surface area contributed by atoms with Gasteiger partial charge in [-0.3, -0.25) is 9.52 Å². The van der Waals surface area contributed by atoms with Crippen molar-refractivity contribution in [2.45, 2.75) is 38.8 Å². The van der Waals surface area contributed by atoms with E-state index in [1.54, 1.807) is 25.5 Å². The van der Waals surface area contributed by atoms with Gasteiger partial charge in [-0.1, -0.05) is 0 Å². The number of carbonyl (C=O) groups is 2. The molecule has 0 spiro atoms. The van der Waals surface area contributed by atoms with Gasteiger partial charge in [-0.15, -0.1) is 12.3 Å². The number of rotatable bonds is 4. The molecule has 0 bridgehead atoms. The molecule has 2 amide bonds. The number of nitrogens with one attached hydrogen (secondary N) is 2. The molecule has 0 fully saturated rings. The van der Waals surface area contributed by atoms with Crippen LogP contribution in [0.1, 0.15) is 27.2 Å². The van der Waals surface area contributed by atoms with Crippen LogP contribution in [-0.2, 0) is 19.6 Å². The smallest absolute Gasteiger partial charge is 0.408 e. The van der Waals surface area contributed by atoms with E-state index >= 15 is 0 Å². The number of hydrogen-bond donors (Lipinski definition) is 2. The second kappa shape index (κ2) is 6.43. The molecule has 8 heteroatoms. The fourth-order valence-corrected chi connectivity index (χ4v) is 1.54. The van der Waals surface area contributed by atoms with E-state index in [0.29, 0.717) is 0 Å². The molecule has 0 aliphatic heterocycles. The Morgan fingerprint density at radius 1 is 1.37 bits per heavy atom. The standard InChI is InChI=1S/C11H18N2O5S/c1-6-7-8(9(14)13-19(5,16)17)12-10(15)18-11(2,3)4/h1,8H,7H2,2-5H3,(H,12,15)(H,13,14). The summed E-state index contributed by atoms with van der Waals surface area (Å²) in [4.78, 5) is 23.1. The number of ether oxygens (including phenoxy) is 1. The van der Waals surface area contributed by atoms with Crippen LogP contribution in [0.4, 0.5) is 4.79 Å². The molecule has 0 aromatic rings. The first-order valence-electron chi connectivity index (χ1n) is 5.39. The van der Waals surface area contributed by atoms with Crippen molar-refractivity contribution in [2.24, 2.45) is 0 Å². The topological polar surface area (TPSA) is 102 Å². The van der Waals surface area contributed by atoms with Gasteiger partial charge in [-0.2, -0.15) is 0 Å².